The highest BCUT2D eigenvalue weighted by Gasteiger charge is 2.40. The molecule has 35 heavy (non-hydrogen) atoms. The van der Waals surface area contributed by atoms with Crippen LogP contribution < -0.4 is 0 Å². The molecule has 2 aliphatic heterocycles. The molecule has 3 aromatic rings. The smallest absolute Gasteiger partial charge is 0.254 e. The second-order valence-electron chi connectivity index (χ2n) is 10.3. The van der Waals surface area contributed by atoms with Gasteiger partial charge in [-0.05, 0) is 55.5 Å². The van der Waals surface area contributed by atoms with Gasteiger partial charge < -0.3 is 10.0 Å². The van der Waals surface area contributed by atoms with Gasteiger partial charge in [0, 0.05) is 55.1 Å². The van der Waals surface area contributed by atoms with Crippen LogP contribution in [0, 0.1) is 0 Å². The molecule has 3 aliphatic rings. The summed E-state index contributed by atoms with van der Waals surface area (Å²) >= 11 is 0. The van der Waals surface area contributed by atoms with E-state index in [2.05, 4.69) is 20.9 Å². The second kappa shape index (κ2) is 8.95. The van der Waals surface area contributed by atoms with Crippen molar-refractivity contribution in [3.8, 4) is 0 Å². The molecule has 2 unspecified atom stereocenters. The Morgan fingerprint density at radius 3 is 2.63 bits per heavy atom. The van der Waals surface area contributed by atoms with Crippen LogP contribution in [0.4, 0.5) is 4.39 Å². The molecule has 2 aromatic heterocycles. The minimum absolute atomic E-state index is 0.00340. The van der Waals surface area contributed by atoms with Gasteiger partial charge in [-0.1, -0.05) is 25.0 Å². The van der Waals surface area contributed by atoms with Crippen molar-refractivity contribution < 1.29 is 14.3 Å². The lowest BCUT2D eigenvalue weighted by molar-refractivity contribution is 0.0192. The van der Waals surface area contributed by atoms with Crippen molar-refractivity contribution in [3.05, 3.63) is 71.2 Å². The van der Waals surface area contributed by atoms with Crippen LogP contribution in [-0.2, 0) is 18.8 Å². The lowest BCUT2D eigenvalue weighted by Crippen LogP contribution is -2.45. The zero-order valence-electron chi connectivity index (χ0n) is 19.9. The SMILES string of the molecule is O=C1c2cc(CN3CCC(F)(c4ccccn4)CC3)c3cccnc3c2CN1C1CCCCC1O. The molecule has 1 aliphatic carbocycles. The number of aliphatic hydroxyl groups is 1. The minimum Gasteiger partial charge on any atom is -0.391 e. The molecule has 0 bridgehead atoms. The molecule has 1 aromatic carbocycles. The molecule has 0 spiro atoms. The number of pyridine rings is 2. The normalized spacial score (nSPS) is 24.6. The first-order valence-corrected chi connectivity index (χ1v) is 12.7. The number of halogens is 1. The number of rotatable bonds is 4. The number of hydrogen-bond acceptors (Lipinski definition) is 5. The summed E-state index contributed by atoms with van der Waals surface area (Å²) in [5.74, 6) is -0.00340. The van der Waals surface area contributed by atoms with Crippen molar-refractivity contribution in [1.29, 1.82) is 0 Å². The number of aromatic nitrogens is 2. The molecular weight excluding hydrogens is 443 g/mol. The number of fused-ring (bicyclic) bond motifs is 3. The van der Waals surface area contributed by atoms with E-state index in [1.807, 2.05) is 29.2 Å². The maximum absolute atomic E-state index is 15.6. The highest BCUT2D eigenvalue weighted by molar-refractivity contribution is 6.04. The van der Waals surface area contributed by atoms with Gasteiger partial charge in [-0.2, -0.15) is 0 Å². The van der Waals surface area contributed by atoms with E-state index in [0.29, 0.717) is 50.3 Å². The number of nitrogens with zero attached hydrogens (tertiary/aromatic N) is 4. The molecule has 1 amide bonds. The number of carbonyl (C=O) groups excluding carboxylic acids is 1. The summed E-state index contributed by atoms with van der Waals surface area (Å²) < 4.78 is 15.6. The van der Waals surface area contributed by atoms with Crippen molar-refractivity contribution in [2.45, 2.75) is 69.4 Å². The second-order valence-corrected chi connectivity index (χ2v) is 10.3. The minimum atomic E-state index is -1.39. The van der Waals surface area contributed by atoms with Crippen LogP contribution in [0.3, 0.4) is 0 Å². The van der Waals surface area contributed by atoms with Gasteiger partial charge >= 0.3 is 0 Å². The predicted octanol–water partition coefficient (Wildman–Crippen LogP) is 4.35. The molecular formula is C28H31FN4O2. The van der Waals surface area contributed by atoms with E-state index in [4.69, 9.17) is 0 Å². The molecule has 1 saturated carbocycles. The first kappa shape index (κ1) is 22.6. The number of amides is 1. The van der Waals surface area contributed by atoms with Crippen LogP contribution in [0.2, 0.25) is 0 Å². The first-order valence-electron chi connectivity index (χ1n) is 12.7. The summed E-state index contributed by atoms with van der Waals surface area (Å²) in [6.45, 7) is 2.40. The molecule has 2 atom stereocenters. The largest absolute Gasteiger partial charge is 0.391 e. The Hall–Kier alpha value is -2.90. The summed E-state index contributed by atoms with van der Waals surface area (Å²) in [7, 11) is 0. The van der Waals surface area contributed by atoms with Crippen LogP contribution in [-0.4, -0.2) is 56.0 Å². The lowest BCUT2D eigenvalue weighted by Gasteiger charge is -2.36. The molecule has 2 fully saturated rings. The van der Waals surface area contributed by atoms with E-state index in [0.717, 1.165) is 47.7 Å². The summed E-state index contributed by atoms with van der Waals surface area (Å²) in [4.78, 5) is 26.5. The third-order valence-electron chi connectivity index (χ3n) is 8.16. The standard InChI is InChI=1S/C28H31FN4O2/c29-28(25-9-3-4-12-30-25)10-14-32(15-11-28)17-19-16-21-22(26-20(19)6-5-13-31-26)18-33(27(21)35)23-7-1-2-8-24(23)34/h3-6,9,12-13,16,23-24,34H,1-2,7-8,10-11,14-15,17-18H2. The fraction of sp³-hybridized carbons (Fsp3) is 0.464. The van der Waals surface area contributed by atoms with Crippen LogP contribution in [0.5, 0.6) is 0 Å². The fourth-order valence-electron chi connectivity index (χ4n) is 6.16. The molecule has 6 nitrogen and oxygen atoms in total. The van der Waals surface area contributed by atoms with E-state index in [1.165, 1.54) is 0 Å². The monoisotopic (exact) mass is 474 g/mol. The summed E-state index contributed by atoms with van der Waals surface area (Å²) in [6.07, 6.45) is 7.41. The van der Waals surface area contributed by atoms with Crippen LogP contribution in [0.25, 0.3) is 10.9 Å². The highest BCUT2D eigenvalue weighted by atomic mass is 19.1. The number of alkyl halides is 1. The van der Waals surface area contributed by atoms with Crippen molar-refractivity contribution in [1.82, 2.24) is 19.8 Å². The van der Waals surface area contributed by atoms with E-state index in [9.17, 15) is 9.90 Å². The van der Waals surface area contributed by atoms with Crippen molar-refractivity contribution in [2.75, 3.05) is 13.1 Å². The maximum atomic E-state index is 15.6. The number of carbonyl (C=O) groups is 1. The maximum Gasteiger partial charge on any atom is 0.254 e. The molecule has 7 heteroatoms. The zero-order valence-corrected chi connectivity index (χ0v) is 19.9. The zero-order chi connectivity index (χ0) is 24.0. The van der Waals surface area contributed by atoms with Crippen molar-refractivity contribution in [2.24, 2.45) is 0 Å². The molecule has 1 N–H and O–H groups in total. The summed E-state index contributed by atoms with van der Waals surface area (Å²) in [6, 6.07) is 11.3. The predicted molar refractivity (Wildman–Crippen MR) is 131 cm³/mol. The molecule has 6 rings (SSSR count). The summed E-state index contributed by atoms with van der Waals surface area (Å²) in [5.41, 5.74) is 2.71. The third kappa shape index (κ3) is 4.00. The lowest BCUT2D eigenvalue weighted by atomic mass is 9.89. The van der Waals surface area contributed by atoms with E-state index >= 15 is 4.39 Å². The van der Waals surface area contributed by atoms with Gasteiger partial charge in [0.1, 0.15) is 0 Å². The number of likely N-dealkylation sites (tertiary alicyclic amines) is 1. The van der Waals surface area contributed by atoms with Gasteiger partial charge in [-0.3, -0.25) is 19.7 Å². The van der Waals surface area contributed by atoms with E-state index in [-0.39, 0.29) is 11.9 Å². The van der Waals surface area contributed by atoms with Gasteiger partial charge in [-0.15, -0.1) is 0 Å². The van der Waals surface area contributed by atoms with E-state index < -0.39 is 11.8 Å². The first-order chi connectivity index (χ1) is 17.0. The average Bonchev–Trinajstić information content (AvgIpc) is 3.22. The Bertz CT molecular complexity index is 1240. The quantitative estimate of drug-likeness (QED) is 0.609. The van der Waals surface area contributed by atoms with Crippen molar-refractivity contribution >= 4 is 16.8 Å². The Morgan fingerprint density at radius 1 is 1.06 bits per heavy atom. The number of hydrogen-bond donors (Lipinski definition) is 1. The Kier molecular flexibility index (Phi) is 5.77. The topological polar surface area (TPSA) is 69.6 Å². The Labute approximate surface area is 204 Å². The van der Waals surface area contributed by atoms with E-state index in [1.54, 1.807) is 18.5 Å². The highest BCUT2D eigenvalue weighted by Crippen LogP contribution is 2.38. The van der Waals surface area contributed by atoms with Crippen LogP contribution >= 0.6 is 0 Å². The van der Waals surface area contributed by atoms with Gasteiger partial charge in [0.25, 0.3) is 5.91 Å². The molecule has 1 saturated heterocycles. The fourth-order valence-corrected chi connectivity index (χ4v) is 6.16. The summed E-state index contributed by atoms with van der Waals surface area (Å²) in [5, 5.41) is 11.6. The van der Waals surface area contributed by atoms with Gasteiger partial charge in [0.05, 0.1) is 23.4 Å². The van der Waals surface area contributed by atoms with Gasteiger partial charge in [-0.25, -0.2) is 4.39 Å². The Morgan fingerprint density at radius 2 is 1.86 bits per heavy atom. The third-order valence-corrected chi connectivity index (χ3v) is 8.16. The Balaban J connectivity index is 1.26. The van der Waals surface area contributed by atoms with Crippen LogP contribution in [0.15, 0.2) is 48.8 Å². The van der Waals surface area contributed by atoms with Gasteiger partial charge in [0.15, 0.2) is 5.67 Å². The van der Waals surface area contributed by atoms with Crippen molar-refractivity contribution in [3.63, 3.8) is 0 Å². The number of aliphatic hydroxyl groups excluding tert-OH is 1. The number of piperidine rings is 1. The number of benzene rings is 1. The molecule has 4 heterocycles. The van der Waals surface area contributed by atoms with Crippen LogP contribution in [0.1, 0.15) is 65.7 Å². The van der Waals surface area contributed by atoms with Gasteiger partial charge in [0.2, 0.25) is 0 Å². The average molecular weight is 475 g/mol. The molecule has 182 valence electrons. The molecule has 0 radical (unpaired) electrons.